The number of alkyl halides is 3. The lowest BCUT2D eigenvalue weighted by atomic mass is 9.92. The molecule has 5 rings (SSSR count). The molecule has 1 aromatic carbocycles. The number of nitrogens with zero attached hydrogens (tertiary/aromatic N) is 3. The summed E-state index contributed by atoms with van der Waals surface area (Å²) in [6, 6.07) is 9.55. The van der Waals surface area contributed by atoms with Crippen LogP contribution in [0.1, 0.15) is 30.4 Å². The lowest BCUT2D eigenvalue weighted by molar-refractivity contribution is -0.139. The number of hydrogen-bond donors (Lipinski definition) is 2. The van der Waals surface area contributed by atoms with E-state index < -0.39 is 51.0 Å². The van der Waals surface area contributed by atoms with Crippen LogP contribution >= 0.6 is 0 Å². The summed E-state index contributed by atoms with van der Waals surface area (Å²) in [5, 5.41) is 9.01. The molecule has 3 heterocycles. The molecule has 0 radical (unpaired) electrons. The number of aliphatic carboxylic acids is 1. The Morgan fingerprint density at radius 2 is 1.87 bits per heavy atom. The van der Waals surface area contributed by atoms with Gasteiger partial charge in [0, 0.05) is 24.1 Å². The molecule has 0 bridgehead atoms. The third-order valence-corrected chi connectivity index (χ3v) is 8.62. The zero-order chi connectivity index (χ0) is 28.2. The number of anilines is 2. The Bertz CT molecular complexity index is 1560. The highest BCUT2D eigenvalue weighted by Crippen LogP contribution is 2.58. The number of aromatic nitrogens is 2. The topological polar surface area (TPSA) is 112 Å². The largest absolute Gasteiger partial charge is 0.481 e. The average Bonchev–Trinajstić information content (AvgIpc) is 3.57. The van der Waals surface area contributed by atoms with E-state index in [0.29, 0.717) is 31.4 Å². The van der Waals surface area contributed by atoms with Gasteiger partial charge in [-0.15, -0.1) is 0 Å². The molecule has 2 aliphatic rings. The summed E-state index contributed by atoms with van der Waals surface area (Å²) in [5.41, 5.74) is -2.29. The second-order valence-corrected chi connectivity index (χ2v) is 11.6. The first kappa shape index (κ1) is 26.9. The van der Waals surface area contributed by atoms with E-state index >= 15 is 0 Å². The molecule has 1 saturated heterocycles. The number of pyridine rings is 2. The fraction of sp³-hybridized carbons (Fsp3) is 0.346. The average molecular weight is 565 g/mol. The Kier molecular flexibility index (Phi) is 6.52. The maximum Gasteiger partial charge on any atom is 0.418 e. The van der Waals surface area contributed by atoms with Crippen LogP contribution in [0.2, 0.25) is 0 Å². The number of carbonyl (C=O) groups is 1. The van der Waals surface area contributed by atoms with E-state index in [4.69, 9.17) is 0 Å². The molecule has 8 nitrogen and oxygen atoms in total. The van der Waals surface area contributed by atoms with E-state index in [1.807, 2.05) is 4.90 Å². The SMILES string of the molecule is Cc1c(F)cccc1-c1nc(NS(=O)(=O)c2cccc(N3CCCC4(CC4C(=O)O)C3)n2)ccc1C(F)(F)F. The number of nitrogens with one attached hydrogen (secondary N) is 1. The van der Waals surface area contributed by atoms with Crippen molar-refractivity contribution in [2.45, 2.75) is 37.4 Å². The molecule has 39 heavy (non-hydrogen) atoms. The van der Waals surface area contributed by atoms with Gasteiger partial charge in [-0.1, -0.05) is 18.2 Å². The fourth-order valence-electron chi connectivity index (χ4n) is 5.24. The fourth-order valence-corrected chi connectivity index (χ4v) is 6.20. The van der Waals surface area contributed by atoms with Crippen LogP contribution in [-0.4, -0.2) is 42.6 Å². The number of piperidine rings is 1. The van der Waals surface area contributed by atoms with E-state index in [9.17, 15) is 35.9 Å². The van der Waals surface area contributed by atoms with E-state index in [1.165, 1.54) is 31.2 Å². The molecule has 3 aromatic rings. The molecule has 1 aliphatic heterocycles. The van der Waals surface area contributed by atoms with Crippen LogP contribution in [0.5, 0.6) is 0 Å². The predicted molar refractivity (Wildman–Crippen MR) is 134 cm³/mol. The maximum absolute atomic E-state index is 14.1. The van der Waals surface area contributed by atoms with E-state index in [-0.39, 0.29) is 21.6 Å². The highest BCUT2D eigenvalue weighted by atomic mass is 32.2. The summed E-state index contributed by atoms with van der Waals surface area (Å²) in [7, 11) is -4.38. The van der Waals surface area contributed by atoms with Crippen molar-refractivity contribution in [2.75, 3.05) is 22.7 Å². The maximum atomic E-state index is 14.1. The minimum Gasteiger partial charge on any atom is -0.481 e. The molecule has 1 spiro atoms. The Labute approximate surface area is 221 Å². The molecular formula is C26H24F4N4O4S. The second-order valence-electron chi connectivity index (χ2n) is 9.92. The summed E-state index contributed by atoms with van der Waals surface area (Å²) in [6.45, 7) is 2.32. The van der Waals surface area contributed by atoms with Gasteiger partial charge in [0.05, 0.1) is 17.2 Å². The minimum absolute atomic E-state index is 0.0648. The predicted octanol–water partition coefficient (Wildman–Crippen LogP) is 5.10. The molecule has 2 N–H and O–H groups in total. The summed E-state index contributed by atoms with van der Waals surface area (Å²) < 4.78 is 83.9. The van der Waals surface area contributed by atoms with Crippen molar-refractivity contribution in [3.8, 4) is 11.3 Å². The molecule has 2 aromatic heterocycles. The van der Waals surface area contributed by atoms with Gasteiger partial charge in [-0.05, 0) is 62.1 Å². The van der Waals surface area contributed by atoms with Crippen LogP contribution in [0.4, 0.5) is 29.2 Å². The molecule has 0 amide bonds. The van der Waals surface area contributed by atoms with Gasteiger partial charge in [0.1, 0.15) is 17.5 Å². The lowest BCUT2D eigenvalue weighted by Gasteiger charge is -2.34. The molecule has 2 fully saturated rings. The van der Waals surface area contributed by atoms with Crippen molar-refractivity contribution in [3.63, 3.8) is 0 Å². The van der Waals surface area contributed by atoms with Crippen LogP contribution in [0.3, 0.4) is 0 Å². The van der Waals surface area contributed by atoms with E-state index in [0.717, 1.165) is 25.0 Å². The third-order valence-electron chi connectivity index (χ3n) is 7.37. The van der Waals surface area contributed by atoms with Crippen molar-refractivity contribution >= 4 is 27.6 Å². The molecular weight excluding hydrogens is 540 g/mol. The number of sulfonamides is 1. The number of rotatable bonds is 6. The van der Waals surface area contributed by atoms with Crippen molar-refractivity contribution in [1.29, 1.82) is 0 Å². The van der Waals surface area contributed by atoms with Crippen molar-refractivity contribution in [1.82, 2.24) is 9.97 Å². The van der Waals surface area contributed by atoms with Crippen molar-refractivity contribution in [3.05, 3.63) is 65.5 Å². The standard InChI is InChI=1S/C26H24F4N4O4S/c1-15-16(5-2-6-19(15)27)23-17(26(28,29)30)9-10-20(31-23)33-39(37,38)22-8-3-7-21(32-22)34-12-4-11-25(14-34)13-18(25)24(35)36/h2-3,5-10,18H,4,11-14H2,1H3,(H,31,33)(H,35,36). The highest BCUT2D eigenvalue weighted by molar-refractivity contribution is 7.92. The third kappa shape index (κ3) is 5.14. The monoisotopic (exact) mass is 564 g/mol. The first-order chi connectivity index (χ1) is 18.3. The minimum atomic E-state index is -4.82. The van der Waals surface area contributed by atoms with Gasteiger partial charge in [0.2, 0.25) is 0 Å². The van der Waals surface area contributed by atoms with Crippen LogP contribution in [0.15, 0.2) is 53.6 Å². The number of carboxylic acids is 1. The summed E-state index contributed by atoms with van der Waals surface area (Å²) in [4.78, 5) is 21.5. The quantitative estimate of drug-likeness (QED) is 0.401. The van der Waals surface area contributed by atoms with E-state index in [2.05, 4.69) is 14.7 Å². The van der Waals surface area contributed by atoms with Crippen LogP contribution < -0.4 is 9.62 Å². The molecule has 13 heteroatoms. The molecule has 206 valence electrons. The van der Waals surface area contributed by atoms with Crippen molar-refractivity contribution in [2.24, 2.45) is 11.3 Å². The lowest BCUT2D eigenvalue weighted by Crippen LogP contribution is -2.38. The summed E-state index contributed by atoms with van der Waals surface area (Å²) >= 11 is 0. The summed E-state index contributed by atoms with van der Waals surface area (Å²) in [5.74, 6) is -2.05. The van der Waals surface area contributed by atoms with Gasteiger partial charge in [-0.2, -0.15) is 21.6 Å². The smallest absolute Gasteiger partial charge is 0.418 e. The van der Waals surface area contributed by atoms with Gasteiger partial charge in [0.25, 0.3) is 10.0 Å². The molecule has 1 aliphatic carbocycles. The van der Waals surface area contributed by atoms with Crippen molar-refractivity contribution < 1.29 is 35.9 Å². The van der Waals surface area contributed by atoms with Gasteiger partial charge < -0.3 is 10.0 Å². The number of benzene rings is 1. The van der Waals surface area contributed by atoms with Crippen LogP contribution in [0, 0.1) is 24.1 Å². The van der Waals surface area contributed by atoms with E-state index in [1.54, 1.807) is 6.07 Å². The second kappa shape index (κ2) is 9.47. The highest BCUT2D eigenvalue weighted by Gasteiger charge is 2.59. The Balaban J connectivity index is 1.44. The zero-order valence-electron chi connectivity index (χ0n) is 20.7. The normalized spacial score (nSPS) is 21.2. The van der Waals surface area contributed by atoms with Gasteiger partial charge in [-0.3, -0.25) is 9.52 Å². The first-order valence-electron chi connectivity index (χ1n) is 12.1. The molecule has 2 unspecified atom stereocenters. The Morgan fingerprint density at radius 3 is 2.56 bits per heavy atom. The van der Waals surface area contributed by atoms with Crippen LogP contribution in [-0.2, 0) is 21.0 Å². The number of hydrogen-bond acceptors (Lipinski definition) is 6. The van der Waals surface area contributed by atoms with Gasteiger partial charge >= 0.3 is 12.1 Å². The molecule has 2 atom stereocenters. The number of halogens is 4. The Morgan fingerprint density at radius 1 is 1.13 bits per heavy atom. The van der Waals surface area contributed by atoms with Gasteiger partial charge in [-0.25, -0.2) is 14.4 Å². The van der Waals surface area contributed by atoms with Crippen LogP contribution in [0.25, 0.3) is 11.3 Å². The van der Waals surface area contributed by atoms with Gasteiger partial charge in [0.15, 0.2) is 5.03 Å². The Hall–Kier alpha value is -3.74. The number of carboxylic acid groups (broad SMARTS) is 1. The zero-order valence-corrected chi connectivity index (χ0v) is 21.5. The molecule has 1 saturated carbocycles. The summed E-state index contributed by atoms with van der Waals surface area (Å²) in [6.07, 6.45) is -2.75. The first-order valence-corrected chi connectivity index (χ1v) is 13.6.